The van der Waals surface area contributed by atoms with E-state index in [0.29, 0.717) is 17.5 Å². The Labute approximate surface area is 194 Å². The van der Waals surface area contributed by atoms with Crippen LogP contribution in [0.15, 0.2) is 60.7 Å². The SMILES string of the molecule is CC(C)(C)c1ccc(-c2cccc(C3Nc4ccc(F)c(C=O)c4CC3(C)C(N)=O)c2)cc1. The van der Waals surface area contributed by atoms with Crippen molar-refractivity contribution in [2.45, 2.75) is 45.6 Å². The van der Waals surface area contributed by atoms with Crippen LogP contribution in [0, 0.1) is 11.2 Å². The fourth-order valence-corrected chi connectivity index (χ4v) is 4.61. The molecule has 2 atom stereocenters. The quantitative estimate of drug-likeness (QED) is 0.499. The van der Waals surface area contributed by atoms with E-state index >= 15 is 0 Å². The van der Waals surface area contributed by atoms with Crippen molar-refractivity contribution in [3.63, 3.8) is 0 Å². The third-order valence-corrected chi connectivity index (χ3v) is 6.77. The van der Waals surface area contributed by atoms with Crippen molar-refractivity contribution in [2.75, 3.05) is 5.32 Å². The van der Waals surface area contributed by atoms with Crippen LogP contribution in [-0.2, 0) is 16.6 Å². The number of hydrogen-bond donors (Lipinski definition) is 2. The summed E-state index contributed by atoms with van der Waals surface area (Å²) in [7, 11) is 0. The number of halogens is 1. The summed E-state index contributed by atoms with van der Waals surface area (Å²) in [4.78, 5) is 24.2. The van der Waals surface area contributed by atoms with Gasteiger partial charge in [0, 0.05) is 5.69 Å². The number of anilines is 1. The Hall–Kier alpha value is -3.47. The summed E-state index contributed by atoms with van der Waals surface area (Å²) in [5, 5.41) is 3.37. The Morgan fingerprint density at radius 3 is 2.39 bits per heavy atom. The molecular formula is C28H29FN2O2. The summed E-state index contributed by atoms with van der Waals surface area (Å²) in [6.07, 6.45) is 0.672. The van der Waals surface area contributed by atoms with Crippen LogP contribution in [-0.4, -0.2) is 12.2 Å². The molecule has 2 unspecified atom stereocenters. The normalized spacial score (nSPS) is 20.0. The molecule has 4 rings (SSSR count). The second-order valence-corrected chi connectivity index (χ2v) is 10.1. The molecule has 1 amide bonds. The van der Waals surface area contributed by atoms with Gasteiger partial charge in [0.05, 0.1) is 17.0 Å². The van der Waals surface area contributed by atoms with Crippen molar-refractivity contribution >= 4 is 17.9 Å². The Bertz CT molecular complexity index is 1230. The van der Waals surface area contributed by atoms with Gasteiger partial charge in [0.15, 0.2) is 6.29 Å². The highest BCUT2D eigenvalue weighted by Gasteiger charge is 2.45. The lowest BCUT2D eigenvalue weighted by molar-refractivity contribution is -0.127. The first-order valence-corrected chi connectivity index (χ1v) is 11.1. The van der Waals surface area contributed by atoms with Gasteiger partial charge in [-0.25, -0.2) is 4.39 Å². The highest BCUT2D eigenvalue weighted by molar-refractivity contribution is 5.87. The summed E-state index contributed by atoms with van der Waals surface area (Å²) >= 11 is 0. The van der Waals surface area contributed by atoms with E-state index in [4.69, 9.17) is 5.73 Å². The van der Waals surface area contributed by atoms with Gasteiger partial charge < -0.3 is 11.1 Å². The Balaban J connectivity index is 1.77. The number of nitrogens with two attached hydrogens (primary N) is 1. The van der Waals surface area contributed by atoms with Gasteiger partial charge in [-0.3, -0.25) is 9.59 Å². The van der Waals surface area contributed by atoms with Gasteiger partial charge in [0.25, 0.3) is 0 Å². The second-order valence-electron chi connectivity index (χ2n) is 10.1. The third kappa shape index (κ3) is 4.04. The number of benzene rings is 3. The average Bonchev–Trinajstić information content (AvgIpc) is 2.78. The van der Waals surface area contributed by atoms with Crippen molar-refractivity contribution in [2.24, 2.45) is 11.1 Å². The van der Waals surface area contributed by atoms with Gasteiger partial charge in [-0.05, 0) is 64.8 Å². The molecule has 0 bridgehead atoms. The molecule has 4 nitrogen and oxygen atoms in total. The van der Waals surface area contributed by atoms with Gasteiger partial charge in [0.2, 0.25) is 5.91 Å². The highest BCUT2D eigenvalue weighted by Crippen LogP contribution is 2.46. The van der Waals surface area contributed by atoms with E-state index in [0.717, 1.165) is 16.7 Å². The van der Waals surface area contributed by atoms with E-state index in [2.05, 4.69) is 56.4 Å². The van der Waals surface area contributed by atoms with Crippen LogP contribution in [0.3, 0.4) is 0 Å². The molecular weight excluding hydrogens is 415 g/mol. The topological polar surface area (TPSA) is 72.2 Å². The van der Waals surface area contributed by atoms with E-state index in [9.17, 15) is 14.0 Å². The van der Waals surface area contributed by atoms with E-state index in [1.165, 1.54) is 11.6 Å². The Morgan fingerprint density at radius 2 is 1.79 bits per heavy atom. The standard InChI is InChI=1S/C28H29FN2O2/c1-27(2,3)20-10-8-17(9-11-20)18-6-5-7-19(14-18)25-28(4,26(30)33)15-21-22(16-32)23(29)12-13-24(21)31-25/h5-14,16,25,31H,15H2,1-4H3,(H2,30,33). The predicted octanol–water partition coefficient (Wildman–Crippen LogP) is 5.80. The maximum atomic E-state index is 14.2. The van der Waals surface area contributed by atoms with Gasteiger partial charge in [-0.2, -0.15) is 0 Å². The van der Waals surface area contributed by atoms with Gasteiger partial charge in [0.1, 0.15) is 5.82 Å². The second kappa shape index (κ2) is 8.14. The molecule has 5 heteroatoms. The van der Waals surface area contributed by atoms with E-state index in [1.807, 2.05) is 18.2 Å². The molecule has 0 aromatic heterocycles. The number of fused-ring (bicyclic) bond motifs is 1. The maximum absolute atomic E-state index is 14.2. The zero-order valence-corrected chi connectivity index (χ0v) is 19.4. The fraction of sp³-hybridized carbons (Fsp3) is 0.286. The molecule has 0 saturated heterocycles. The average molecular weight is 445 g/mol. The molecule has 3 aromatic carbocycles. The Kier molecular flexibility index (Phi) is 5.61. The zero-order valence-electron chi connectivity index (χ0n) is 19.4. The summed E-state index contributed by atoms with van der Waals surface area (Å²) in [5.74, 6) is -1.11. The number of nitrogens with one attached hydrogen (secondary N) is 1. The van der Waals surface area contributed by atoms with Crippen LogP contribution in [0.1, 0.15) is 60.8 Å². The molecule has 3 aromatic rings. The minimum Gasteiger partial charge on any atom is -0.377 e. The summed E-state index contributed by atoms with van der Waals surface area (Å²) < 4.78 is 14.2. The third-order valence-electron chi connectivity index (χ3n) is 6.77. The number of carbonyl (C=O) groups is 2. The van der Waals surface area contributed by atoms with Crippen LogP contribution in [0.25, 0.3) is 11.1 Å². The molecule has 1 aliphatic heterocycles. The number of hydrogen-bond acceptors (Lipinski definition) is 3. The fourth-order valence-electron chi connectivity index (χ4n) is 4.61. The van der Waals surface area contributed by atoms with Crippen molar-refractivity contribution in [1.29, 1.82) is 0 Å². The number of aldehydes is 1. The largest absolute Gasteiger partial charge is 0.377 e. The molecule has 0 aliphatic carbocycles. The Morgan fingerprint density at radius 1 is 1.09 bits per heavy atom. The van der Waals surface area contributed by atoms with Crippen LogP contribution in [0.5, 0.6) is 0 Å². The van der Waals surface area contributed by atoms with Crippen molar-refractivity contribution in [3.8, 4) is 11.1 Å². The van der Waals surface area contributed by atoms with Gasteiger partial charge >= 0.3 is 0 Å². The lowest BCUT2D eigenvalue weighted by atomic mass is 9.70. The maximum Gasteiger partial charge on any atom is 0.226 e. The summed E-state index contributed by atoms with van der Waals surface area (Å²) in [6.45, 7) is 8.31. The molecule has 3 N–H and O–H groups in total. The van der Waals surface area contributed by atoms with Crippen molar-refractivity contribution in [3.05, 3.63) is 88.7 Å². The molecule has 1 aliphatic rings. The van der Waals surface area contributed by atoms with Gasteiger partial charge in [-0.1, -0.05) is 63.2 Å². The number of carbonyl (C=O) groups excluding carboxylic acids is 2. The first-order valence-electron chi connectivity index (χ1n) is 11.1. The molecule has 0 spiro atoms. The molecule has 33 heavy (non-hydrogen) atoms. The smallest absolute Gasteiger partial charge is 0.226 e. The number of rotatable bonds is 4. The van der Waals surface area contributed by atoms with E-state index in [1.54, 1.807) is 13.0 Å². The van der Waals surface area contributed by atoms with Crippen molar-refractivity contribution in [1.82, 2.24) is 0 Å². The highest BCUT2D eigenvalue weighted by atomic mass is 19.1. The molecule has 0 fully saturated rings. The van der Waals surface area contributed by atoms with Crippen LogP contribution in [0.2, 0.25) is 0 Å². The lowest BCUT2D eigenvalue weighted by Gasteiger charge is -2.42. The van der Waals surface area contributed by atoms with E-state index in [-0.39, 0.29) is 17.4 Å². The first kappa shape index (κ1) is 22.7. The van der Waals surface area contributed by atoms with Crippen molar-refractivity contribution < 1.29 is 14.0 Å². The zero-order chi connectivity index (χ0) is 24.0. The summed E-state index contributed by atoms with van der Waals surface area (Å²) in [5.41, 5.74) is 10.2. The minimum atomic E-state index is -1.05. The van der Waals surface area contributed by atoms with Crippen LogP contribution < -0.4 is 11.1 Å². The predicted molar refractivity (Wildman–Crippen MR) is 130 cm³/mol. The molecule has 1 heterocycles. The first-order chi connectivity index (χ1) is 15.5. The van der Waals surface area contributed by atoms with Gasteiger partial charge in [-0.15, -0.1) is 0 Å². The number of amides is 1. The molecule has 0 saturated carbocycles. The summed E-state index contributed by atoms with van der Waals surface area (Å²) in [6, 6.07) is 19.0. The van der Waals surface area contributed by atoms with Crippen LogP contribution >= 0.6 is 0 Å². The molecule has 170 valence electrons. The molecule has 0 radical (unpaired) electrons. The van der Waals surface area contributed by atoms with E-state index < -0.39 is 23.2 Å². The monoisotopic (exact) mass is 444 g/mol. The number of primary amides is 1. The van der Waals surface area contributed by atoms with Crippen LogP contribution in [0.4, 0.5) is 10.1 Å². The minimum absolute atomic E-state index is 0.0291. The lowest BCUT2D eigenvalue weighted by Crippen LogP contribution is -2.47.